The Balaban J connectivity index is 1.90. The lowest BCUT2D eigenvalue weighted by Gasteiger charge is -2.23. The fourth-order valence-corrected chi connectivity index (χ4v) is 4.31. The van der Waals surface area contributed by atoms with E-state index in [1.165, 1.54) is 0 Å². The zero-order valence-corrected chi connectivity index (χ0v) is 18.2. The summed E-state index contributed by atoms with van der Waals surface area (Å²) < 4.78 is 11.2. The molecule has 1 fully saturated rings. The maximum absolute atomic E-state index is 13.0. The van der Waals surface area contributed by atoms with Crippen LogP contribution >= 0.6 is 24.0 Å². The molecule has 0 radical (unpaired) electrons. The van der Waals surface area contributed by atoms with Crippen LogP contribution in [0.1, 0.15) is 30.5 Å². The zero-order valence-electron chi connectivity index (χ0n) is 16.5. The highest BCUT2D eigenvalue weighted by Gasteiger charge is 2.41. The standard InChI is InChI=1S/C22H21NO5S2/c1-3-11-28-16-10-9-14(12-17(16)27-2)13-18-20(24)23(22(29)30-18)19(21(25)26)15-7-5-4-6-8-15/h4-10,12-13,19H,3,11H2,1-2H3,(H,25,26)/b18-13-/t19-/m1/s1. The summed E-state index contributed by atoms with van der Waals surface area (Å²) >= 11 is 6.42. The number of carbonyl (C=O) groups is 2. The SMILES string of the molecule is CCCOc1ccc(/C=C2\SC(=S)N([C@@H](C(=O)O)c3ccccc3)C2=O)cc1OC. The van der Waals surface area contributed by atoms with E-state index in [9.17, 15) is 14.7 Å². The molecule has 1 saturated heterocycles. The average molecular weight is 444 g/mol. The third kappa shape index (κ3) is 4.66. The van der Waals surface area contributed by atoms with E-state index < -0.39 is 17.9 Å². The molecule has 1 amide bonds. The van der Waals surface area contributed by atoms with Crippen LogP contribution in [0.3, 0.4) is 0 Å². The molecule has 8 heteroatoms. The van der Waals surface area contributed by atoms with Crippen molar-refractivity contribution in [1.82, 2.24) is 4.90 Å². The number of aliphatic carboxylic acids is 1. The summed E-state index contributed by atoms with van der Waals surface area (Å²) in [5, 5.41) is 9.76. The molecule has 0 saturated carbocycles. The lowest BCUT2D eigenvalue weighted by molar-refractivity contribution is -0.145. The molecule has 30 heavy (non-hydrogen) atoms. The van der Waals surface area contributed by atoms with Crippen molar-refractivity contribution in [2.24, 2.45) is 0 Å². The summed E-state index contributed by atoms with van der Waals surface area (Å²) in [6.45, 7) is 2.59. The second-order valence-corrected chi connectivity index (χ2v) is 8.14. The maximum Gasteiger partial charge on any atom is 0.331 e. The second-order valence-electron chi connectivity index (χ2n) is 6.46. The lowest BCUT2D eigenvalue weighted by Crippen LogP contribution is -2.37. The van der Waals surface area contributed by atoms with Crippen LogP contribution in [-0.2, 0) is 9.59 Å². The highest BCUT2D eigenvalue weighted by molar-refractivity contribution is 8.26. The molecule has 1 heterocycles. The third-order valence-electron chi connectivity index (χ3n) is 4.38. The van der Waals surface area contributed by atoms with Crippen LogP contribution in [0.2, 0.25) is 0 Å². The summed E-state index contributed by atoms with van der Waals surface area (Å²) in [7, 11) is 1.55. The fraction of sp³-hybridized carbons (Fsp3) is 0.227. The molecular formula is C22H21NO5S2. The van der Waals surface area contributed by atoms with Crippen LogP contribution in [0, 0.1) is 0 Å². The number of ether oxygens (including phenoxy) is 2. The molecule has 156 valence electrons. The number of thiocarbonyl (C=S) groups is 1. The predicted molar refractivity (Wildman–Crippen MR) is 121 cm³/mol. The van der Waals surface area contributed by atoms with E-state index in [2.05, 4.69) is 0 Å². The normalized spacial score (nSPS) is 16.1. The van der Waals surface area contributed by atoms with E-state index in [-0.39, 0.29) is 4.32 Å². The smallest absolute Gasteiger partial charge is 0.331 e. The van der Waals surface area contributed by atoms with E-state index in [0.717, 1.165) is 28.6 Å². The van der Waals surface area contributed by atoms with Gasteiger partial charge in [0.1, 0.15) is 4.32 Å². The number of rotatable bonds is 8. The Morgan fingerprint density at radius 2 is 1.97 bits per heavy atom. The van der Waals surface area contributed by atoms with Gasteiger partial charge in [-0.05, 0) is 35.8 Å². The maximum atomic E-state index is 13.0. The number of thioether (sulfide) groups is 1. The molecule has 1 N–H and O–H groups in total. The topological polar surface area (TPSA) is 76.1 Å². The Bertz CT molecular complexity index is 990. The Hall–Kier alpha value is -2.84. The Morgan fingerprint density at radius 1 is 1.23 bits per heavy atom. The Morgan fingerprint density at radius 3 is 2.60 bits per heavy atom. The highest BCUT2D eigenvalue weighted by Crippen LogP contribution is 2.39. The molecule has 1 aliphatic rings. The molecule has 0 unspecified atom stereocenters. The summed E-state index contributed by atoms with van der Waals surface area (Å²) in [5.41, 5.74) is 1.21. The quantitative estimate of drug-likeness (QED) is 0.475. The Labute approximate surface area is 184 Å². The van der Waals surface area contributed by atoms with E-state index in [1.54, 1.807) is 55.7 Å². The number of nitrogens with zero attached hydrogens (tertiary/aromatic N) is 1. The number of amides is 1. The summed E-state index contributed by atoms with van der Waals surface area (Å²) in [6, 6.07) is 12.8. The minimum absolute atomic E-state index is 0.206. The molecular weight excluding hydrogens is 422 g/mol. The van der Waals surface area contributed by atoms with Crippen molar-refractivity contribution in [3.63, 3.8) is 0 Å². The van der Waals surface area contributed by atoms with Crippen LogP contribution in [0.4, 0.5) is 0 Å². The monoisotopic (exact) mass is 443 g/mol. The number of hydrogen-bond acceptors (Lipinski definition) is 6. The first-order valence-corrected chi connectivity index (χ1v) is 10.5. The molecule has 3 rings (SSSR count). The van der Waals surface area contributed by atoms with Crippen molar-refractivity contribution in [3.8, 4) is 11.5 Å². The largest absolute Gasteiger partial charge is 0.493 e. The first-order chi connectivity index (χ1) is 14.5. The molecule has 0 aromatic heterocycles. The number of benzene rings is 2. The number of carboxylic acids is 1. The van der Waals surface area contributed by atoms with Gasteiger partial charge in [0.2, 0.25) is 0 Å². The van der Waals surface area contributed by atoms with E-state index in [4.69, 9.17) is 21.7 Å². The fourth-order valence-electron chi connectivity index (χ4n) is 3.00. The third-order valence-corrected chi connectivity index (χ3v) is 5.71. The van der Waals surface area contributed by atoms with Gasteiger partial charge in [-0.1, -0.05) is 67.3 Å². The number of methoxy groups -OCH3 is 1. The number of hydrogen-bond donors (Lipinski definition) is 1. The van der Waals surface area contributed by atoms with Crippen LogP contribution in [0.15, 0.2) is 53.4 Å². The predicted octanol–water partition coefficient (Wildman–Crippen LogP) is 4.51. The molecule has 6 nitrogen and oxygen atoms in total. The highest BCUT2D eigenvalue weighted by atomic mass is 32.2. The lowest BCUT2D eigenvalue weighted by atomic mass is 10.1. The van der Waals surface area contributed by atoms with Crippen LogP contribution in [0.25, 0.3) is 6.08 Å². The van der Waals surface area contributed by atoms with Gasteiger partial charge in [-0.3, -0.25) is 9.69 Å². The van der Waals surface area contributed by atoms with Crippen LogP contribution < -0.4 is 9.47 Å². The average Bonchev–Trinajstić information content (AvgIpc) is 3.01. The van der Waals surface area contributed by atoms with Crippen LogP contribution in [0.5, 0.6) is 11.5 Å². The minimum atomic E-state index is -1.18. The molecule has 0 spiro atoms. The Kier molecular flexibility index (Phi) is 7.12. The van der Waals surface area contributed by atoms with Gasteiger partial charge >= 0.3 is 5.97 Å². The number of carbonyl (C=O) groups excluding carboxylic acids is 1. The second kappa shape index (κ2) is 9.77. The first kappa shape index (κ1) is 21.9. The first-order valence-electron chi connectivity index (χ1n) is 9.32. The number of carboxylic acid groups (broad SMARTS) is 1. The van der Waals surface area contributed by atoms with Crippen molar-refractivity contribution < 1.29 is 24.2 Å². The van der Waals surface area contributed by atoms with Crippen molar-refractivity contribution in [2.75, 3.05) is 13.7 Å². The molecule has 1 atom stereocenters. The summed E-state index contributed by atoms with van der Waals surface area (Å²) in [6.07, 6.45) is 2.55. The van der Waals surface area contributed by atoms with Crippen molar-refractivity contribution >= 4 is 46.3 Å². The molecule has 1 aliphatic heterocycles. The minimum Gasteiger partial charge on any atom is -0.493 e. The van der Waals surface area contributed by atoms with Gasteiger partial charge in [-0.15, -0.1) is 0 Å². The van der Waals surface area contributed by atoms with E-state index in [0.29, 0.717) is 28.6 Å². The van der Waals surface area contributed by atoms with E-state index in [1.807, 2.05) is 13.0 Å². The van der Waals surface area contributed by atoms with E-state index >= 15 is 0 Å². The van der Waals surface area contributed by atoms with Crippen molar-refractivity contribution in [3.05, 3.63) is 64.6 Å². The van der Waals surface area contributed by atoms with Gasteiger partial charge in [-0.25, -0.2) is 4.79 Å². The van der Waals surface area contributed by atoms with Gasteiger partial charge < -0.3 is 14.6 Å². The molecule has 0 aliphatic carbocycles. The molecule has 2 aromatic carbocycles. The zero-order chi connectivity index (χ0) is 21.7. The van der Waals surface area contributed by atoms with Gasteiger partial charge in [0.15, 0.2) is 17.5 Å². The van der Waals surface area contributed by atoms with Gasteiger partial charge in [0, 0.05) is 0 Å². The molecule has 2 aromatic rings. The van der Waals surface area contributed by atoms with Gasteiger partial charge in [-0.2, -0.15) is 0 Å². The van der Waals surface area contributed by atoms with Gasteiger partial charge in [0.05, 0.1) is 18.6 Å². The van der Waals surface area contributed by atoms with Gasteiger partial charge in [0.25, 0.3) is 5.91 Å². The van der Waals surface area contributed by atoms with Crippen LogP contribution in [-0.4, -0.2) is 39.9 Å². The summed E-state index contributed by atoms with van der Waals surface area (Å²) in [5.74, 6) is -0.399. The van der Waals surface area contributed by atoms with Crippen molar-refractivity contribution in [1.29, 1.82) is 0 Å². The molecule has 0 bridgehead atoms. The van der Waals surface area contributed by atoms with Crippen molar-refractivity contribution in [2.45, 2.75) is 19.4 Å². The summed E-state index contributed by atoms with van der Waals surface area (Å²) in [4.78, 5) is 26.5.